The van der Waals surface area contributed by atoms with Crippen molar-refractivity contribution in [2.75, 3.05) is 5.01 Å². The monoisotopic (exact) mass is 232 g/mol. The van der Waals surface area contributed by atoms with Crippen molar-refractivity contribution in [1.82, 2.24) is 0 Å². The quantitative estimate of drug-likeness (QED) is 0.782. The van der Waals surface area contributed by atoms with E-state index in [1.807, 2.05) is 26.0 Å². The van der Waals surface area contributed by atoms with Gasteiger partial charge in [-0.1, -0.05) is 17.7 Å². The molecule has 1 aromatic carbocycles. The number of carboxylic acid groups (broad SMARTS) is 1. The van der Waals surface area contributed by atoms with E-state index in [2.05, 4.69) is 5.10 Å². The molecule has 1 amide bonds. The number of aliphatic carboxylic acids is 1. The number of aryl methyl sites for hydroxylation is 2. The van der Waals surface area contributed by atoms with E-state index < -0.39 is 17.8 Å². The summed E-state index contributed by atoms with van der Waals surface area (Å²) in [7, 11) is 0. The van der Waals surface area contributed by atoms with Gasteiger partial charge < -0.3 is 5.11 Å². The van der Waals surface area contributed by atoms with Gasteiger partial charge in [0.1, 0.15) is 0 Å². The number of carboxylic acids is 1. The summed E-state index contributed by atoms with van der Waals surface area (Å²) in [6.45, 7) is 3.81. The number of nitrogens with zero attached hydrogens (tertiary/aromatic N) is 2. The first-order valence-electron chi connectivity index (χ1n) is 5.19. The van der Waals surface area contributed by atoms with Crippen molar-refractivity contribution < 1.29 is 14.7 Å². The average molecular weight is 232 g/mol. The largest absolute Gasteiger partial charge is 0.480 e. The standard InChI is InChI=1S/C12H12N2O3/c1-7-3-4-10(8(2)5-7)14-11(15)9(6-13-14)12(16)17/h3-6,9H,1-2H3,(H,16,17)/t9-/m0/s1. The topological polar surface area (TPSA) is 70.0 Å². The highest BCUT2D eigenvalue weighted by molar-refractivity contribution is 6.19. The molecule has 0 spiro atoms. The second-order valence-corrected chi connectivity index (χ2v) is 4.02. The average Bonchev–Trinajstić information content (AvgIpc) is 2.60. The normalized spacial score (nSPS) is 18.8. The molecule has 5 heteroatoms. The molecule has 0 aliphatic carbocycles. The molecule has 0 radical (unpaired) electrons. The van der Waals surface area contributed by atoms with Gasteiger partial charge in [-0.25, -0.2) is 0 Å². The molecule has 1 heterocycles. The number of carbonyl (C=O) groups is 2. The van der Waals surface area contributed by atoms with Crippen LogP contribution in [-0.4, -0.2) is 23.2 Å². The molecule has 1 aliphatic rings. The molecule has 2 rings (SSSR count). The smallest absolute Gasteiger partial charge is 0.321 e. The molecule has 0 saturated carbocycles. The SMILES string of the molecule is Cc1ccc(N2N=C[C@H](C(=O)O)C2=O)c(C)c1. The Morgan fingerprint density at radius 3 is 2.65 bits per heavy atom. The molecule has 0 saturated heterocycles. The molecule has 0 bridgehead atoms. The lowest BCUT2D eigenvalue weighted by Crippen LogP contribution is -2.31. The number of amides is 1. The second kappa shape index (κ2) is 4.01. The maximum atomic E-state index is 11.8. The van der Waals surface area contributed by atoms with Crippen LogP contribution in [0.4, 0.5) is 5.69 Å². The summed E-state index contributed by atoms with van der Waals surface area (Å²) in [4.78, 5) is 22.6. The van der Waals surface area contributed by atoms with Crippen molar-refractivity contribution in [1.29, 1.82) is 0 Å². The minimum atomic E-state index is -1.17. The Labute approximate surface area is 98.4 Å². The van der Waals surface area contributed by atoms with Gasteiger partial charge >= 0.3 is 5.97 Å². The van der Waals surface area contributed by atoms with Gasteiger partial charge in [0.25, 0.3) is 5.91 Å². The minimum absolute atomic E-state index is 0.524. The molecular weight excluding hydrogens is 220 g/mol. The number of rotatable bonds is 2. The first-order chi connectivity index (χ1) is 8.00. The zero-order chi connectivity index (χ0) is 12.6. The van der Waals surface area contributed by atoms with Crippen LogP contribution in [0.2, 0.25) is 0 Å². The lowest BCUT2D eigenvalue weighted by atomic mass is 10.1. The molecule has 1 aromatic rings. The lowest BCUT2D eigenvalue weighted by Gasteiger charge is -2.15. The Morgan fingerprint density at radius 1 is 1.41 bits per heavy atom. The molecule has 0 aromatic heterocycles. The Bertz CT molecular complexity index is 522. The summed E-state index contributed by atoms with van der Waals surface area (Å²) in [5, 5.41) is 13.8. The van der Waals surface area contributed by atoms with Crippen LogP contribution in [-0.2, 0) is 9.59 Å². The third-order valence-electron chi connectivity index (χ3n) is 2.65. The van der Waals surface area contributed by atoms with Crippen molar-refractivity contribution in [2.45, 2.75) is 13.8 Å². The summed E-state index contributed by atoms with van der Waals surface area (Å²) in [5.74, 6) is -2.87. The first kappa shape index (κ1) is 11.3. The highest BCUT2D eigenvalue weighted by Crippen LogP contribution is 2.25. The minimum Gasteiger partial charge on any atom is -0.480 e. The van der Waals surface area contributed by atoms with Crippen molar-refractivity contribution in [2.24, 2.45) is 11.0 Å². The third-order valence-corrected chi connectivity index (χ3v) is 2.65. The molecule has 1 atom stereocenters. The zero-order valence-corrected chi connectivity index (χ0v) is 9.54. The number of hydrazone groups is 1. The maximum Gasteiger partial charge on any atom is 0.321 e. The van der Waals surface area contributed by atoms with Crippen LogP contribution >= 0.6 is 0 Å². The number of hydrogen-bond donors (Lipinski definition) is 1. The van der Waals surface area contributed by atoms with Gasteiger partial charge in [-0.05, 0) is 25.5 Å². The molecule has 17 heavy (non-hydrogen) atoms. The Balaban J connectivity index is 2.34. The van der Waals surface area contributed by atoms with Gasteiger partial charge in [0.05, 0.1) is 5.69 Å². The predicted octanol–water partition coefficient (Wildman–Crippen LogP) is 1.34. The van der Waals surface area contributed by atoms with Crippen LogP contribution in [0.5, 0.6) is 0 Å². The molecule has 1 aliphatic heterocycles. The van der Waals surface area contributed by atoms with E-state index in [4.69, 9.17) is 5.11 Å². The summed E-state index contributed by atoms with van der Waals surface area (Å²) in [6, 6.07) is 5.55. The van der Waals surface area contributed by atoms with E-state index in [9.17, 15) is 9.59 Å². The lowest BCUT2D eigenvalue weighted by molar-refractivity contribution is -0.142. The number of anilines is 1. The fraction of sp³-hybridized carbons (Fsp3) is 0.250. The van der Waals surface area contributed by atoms with Gasteiger partial charge in [-0.3, -0.25) is 9.59 Å². The molecule has 88 valence electrons. The predicted molar refractivity (Wildman–Crippen MR) is 63.0 cm³/mol. The van der Waals surface area contributed by atoms with Crippen LogP contribution in [0.3, 0.4) is 0 Å². The van der Waals surface area contributed by atoms with Gasteiger partial charge in [0.15, 0.2) is 5.92 Å². The third kappa shape index (κ3) is 1.91. The zero-order valence-electron chi connectivity index (χ0n) is 9.54. The van der Waals surface area contributed by atoms with E-state index in [1.165, 1.54) is 0 Å². The summed E-state index contributed by atoms with van der Waals surface area (Å²) < 4.78 is 0. The van der Waals surface area contributed by atoms with E-state index in [0.717, 1.165) is 22.4 Å². The molecule has 0 unspecified atom stereocenters. The van der Waals surface area contributed by atoms with E-state index in [-0.39, 0.29) is 0 Å². The fourth-order valence-electron chi connectivity index (χ4n) is 1.78. The first-order valence-corrected chi connectivity index (χ1v) is 5.19. The van der Waals surface area contributed by atoms with Gasteiger partial charge in [0, 0.05) is 6.21 Å². The van der Waals surface area contributed by atoms with Crippen molar-refractivity contribution >= 4 is 23.8 Å². The van der Waals surface area contributed by atoms with Crippen LogP contribution in [0.25, 0.3) is 0 Å². The van der Waals surface area contributed by atoms with E-state index >= 15 is 0 Å². The van der Waals surface area contributed by atoms with Crippen molar-refractivity contribution in [3.8, 4) is 0 Å². The number of hydrogen-bond acceptors (Lipinski definition) is 3. The molecule has 5 nitrogen and oxygen atoms in total. The number of carbonyl (C=O) groups excluding carboxylic acids is 1. The maximum absolute atomic E-state index is 11.8. The Hall–Kier alpha value is -2.17. The van der Waals surface area contributed by atoms with Gasteiger partial charge in [-0.15, -0.1) is 0 Å². The Kier molecular flexibility index (Phi) is 2.67. The van der Waals surface area contributed by atoms with Crippen LogP contribution in [0.15, 0.2) is 23.3 Å². The summed E-state index contributed by atoms with van der Waals surface area (Å²) >= 11 is 0. The van der Waals surface area contributed by atoms with Crippen molar-refractivity contribution in [3.63, 3.8) is 0 Å². The van der Waals surface area contributed by atoms with Crippen molar-refractivity contribution in [3.05, 3.63) is 29.3 Å². The summed E-state index contributed by atoms with van der Waals surface area (Å²) in [5.41, 5.74) is 2.60. The molecular formula is C12H12N2O3. The highest BCUT2D eigenvalue weighted by atomic mass is 16.4. The van der Waals surface area contributed by atoms with Crippen LogP contribution < -0.4 is 5.01 Å². The van der Waals surface area contributed by atoms with Crippen LogP contribution in [0.1, 0.15) is 11.1 Å². The highest BCUT2D eigenvalue weighted by Gasteiger charge is 2.35. The fourth-order valence-corrected chi connectivity index (χ4v) is 1.78. The molecule has 0 fully saturated rings. The summed E-state index contributed by atoms with van der Waals surface area (Å²) in [6.07, 6.45) is 1.16. The van der Waals surface area contributed by atoms with Crippen LogP contribution in [0, 0.1) is 19.8 Å². The van der Waals surface area contributed by atoms with Gasteiger partial charge in [-0.2, -0.15) is 10.1 Å². The molecule has 1 N–H and O–H groups in total. The van der Waals surface area contributed by atoms with Gasteiger partial charge in [0.2, 0.25) is 0 Å². The Morgan fingerprint density at radius 2 is 2.12 bits per heavy atom. The van der Waals surface area contributed by atoms with E-state index in [0.29, 0.717) is 5.69 Å². The van der Waals surface area contributed by atoms with E-state index in [1.54, 1.807) is 6.07 Å². The second-order valence-electron chi connectivity index (χ2n) is 4.02. The number of benzene rings is 1.